The Kier molecular flexibility index (Phi) is 17.1. The van der Waals surface area contributed by atoms with Crippen molar-refractivity contribution in [2.45, 2.75) is 85.4 Å². The third-order valence-electron chi connectivity index (χ3n) is 6.21. The van der Waals surface area contributed by atoms with Crippen molar-refractivity contribution in [2.75, 3.05) is 33.0 Å². The van der Waals surface area contributed by atoms with E-state index in [0.717, 1.165) is 25.7 Å². The Labute approximate surface area is 211 Å². The molecule has 1 aromatic rings. The average Bonchev–Trinajstić information content (AvgIpc) is 2.87. The lowest BCUT2D eigenvalue weighted by molar-refractivity contribution is -0.186. The van der Waals surface area contributed by atoms with Crippen LogP contribution in [-0.2, 0) is 18.9 Å². The number of unbranched alkanes of at least 4 members (excludes halogenated alkanes) is 2. The molecule has 0 amide bonds. The molecule has 0 fully saturated rings. The zero-order valence-corrected chi connectivity index (χ0v) is 22.1. The highest BCUT2D eigenvalue weighted by atomic mass is 16.7. The molecule has 2 unspecified atom stereocenters. The summed E-state index contributed by atoms with van der Waals surface area (Å²) in [5, 5.41) is 9.24. The summed E-state index contributed by atoms with van der Waals surface area (Å²) in [4.78, 5) is 23.6. The maximum atomic E-state index is 12.3. The molecule has 200 valence electrons. The van der Waals surface area contributed by atoms with Crippen molar-refractivity contribution in [3.8, 4) is 0 Å². The number of carbonyl (C=O) groups excluding carboxylic acids is 1. The van der Waals surface area contributed by atoms with Crippen molar-refractivity contribution in [2.24, 2.45) is 11.8 Å². The van der Waals surface area contributed by atoms with Gasteiger partial charge in [0.2, 0.25) is 0 Å². The third kappa shape index (κ3) is 13.1. The van der Waals surface area contributed by atoms with Crippen molar-refractivity contribution in [1.29, 1.82) is 0 Å². The van der Waals surface area contributed by atoms with Crippen molar-refractivity contribution in [1.82, 2.24) is 0 Å². The molecule has 0 bridgehead atoms. The average molecular weight is 495 g/mol. The molecule has 0 radical (unpaired) electrons. The number of carboxylic acid groups (broad SMARTS) is 1. The first-order chi connectivity index (χ1) is 17.0. The van der Waals surface area contributed by atoms with Crippen LogP contribution in [0.1, 0.15) is 99.8 Å². The molecule has 0 aliphatic carbocycles. The Hall–Kier alpha value is -1.96. The number of carboxylic acids is 1. The highest BCUT2D eigenvalue weighted by Gasteiger charge is 2.18. The third-order valence-corrected chi connectivity index (χ3v) is 6.21. The second-order valence-corrected chi connectivity index (χ2v) is 8.99. The van der Waals surface area contributed by atoms with E-state index in [1.165, 1.54) is 37.8 Å². The summed E-state index contributed by atoms with van der Waals surface area (Å²) in [6, 6.07) is 5.99. The van der Waals surface area contributed by atoms with Gasteiger partial charge in [0.25, 0.3) is 0 Å². The smallest absolute Gasteiger partial charge is 0.339 e. The van der Waals surface area contributed by atoms with E-state index in [2.05, 4.69) is 27.7 Å². The molecule has 2 atom stereocenters. The Morgan fingerprint density at radius 1 is 0.800 bits per heavy atom. The van der Waals surface area contributed by atoms with Gasteiger partial charge in [0.1, 0.15) is 6.61 Å². The predicted molar refractivity (Wildman–Crippen MR) is 137 cm³/mol. The van der Waals surface area contributed by atoms with Crippen LogP contribution < -0.4 is 0 Å². The Morgan fingerprint density at radius 2 is 1.34 bits per heavy atom. The van der Waals surface area contributed by atoms with Crippen LogP contribution in [0.15, 0.2) is 24.3 Å². The predicted octanol–water partition coefficient (Wildman–Crippen LogP) is 6.35. The molecule has 1 N–H and O–H groups in total. The van der Waals surface area contributed by atoms with E-state index in [4.69, 9.17) is 18.9 Å². The lowest BCUT2D eigenvalue weighted by atomic mass is 10.0. The lowest BCUT2D eigenvalue weighted by Crippen LogP contribution is -2.29. The molecule has 1 rings (SSSR count). The second kappa shape index (κ2) is 19.3. The summed E-state index contributed by atoms with van der Waals surface area (Å²) in [7, 11) is 0. The maximum Gasteiger partial charge on any atom is 0.339 e. The van der Waals surface area contributed by atoms with Gasteiger partial charge in [-0.15, -0.1) is 0 Å². The van der Waals surface area contributed by atoms with E-state index < -0.39 is 18.2 Å². The molecule has 0 aromatic heterocycles. The van der Waals surface area contributed by atoms with Crippen LogP contribution in [-0.4, -0.2) is 56.4 Å². The number of ether oxygens (including phenoxy) is 4. The van der Waals surface area contributed by atoms with Gasteiger partial charge in [-0.05, 0) is 36.8 Å². The van der Waals surface area contributed by atoms with Crippen LogP contribution in [0, 0.1) is 11.8 Å². The van der Waals surface area contributed by atoms with Crippen LogP contribution in [0.3, 0.4) is 0 Å². The van der Waals surface area contributed by atoms with Gasteiger partial charge in [0, 0.05) is 0 Å². The van der Waals surface area contributed by atoms with Crippen LogP contribution in [0.4, 0.5) is 0 Å². The molecule has 35 heavy (non-hydrogen) atoms. The summed E-state index contributed by atoms with van der Waals surface area (Å²) in [6.45, 7) is 10.5. The van der Waals surface area contributed by atoms with Gasteiger partial charge in [-0.1, -0.05) is 78.4 Å². The van der Waals surface area contributed by atoms with Gasteiger partial charge in [-0.3, -0.25) is 0 Å². The SMILES string of the molecule is CCCCC(CC)COC(COCCOC(=O)c1ccccc1C(=O)O)OCC(CC)CCCC. The summed E-state index contributed by atoms with van der Waals surface area (Å²) in [5.74, 6) is -0.851. The molecule has 0 heterocycles. The number of benzene rings is 1. The molecule has 0 saturated carbocycles. The van der Waals surface area contributed by atoms with Gasteiger partial charge < -0.3 is 24.1 Å². The van der Waals surface area contributed by atoms with Gasteiger partial charge >= 0.3 is 11.9 Å². The van der Waals surface area contributed by atoms with Gasteiger partial charge in [-0.25, -0.2) is 9.59 Å². The van der Waals surface area contributed by atoms with Crippen LogP contribution >= 0.6 is 0 Å². The first-order valence-electron chi connectivity index (χ1n) is 13.3. The topological polar surface area (TPSA) is 91.3 Å². The number of carbonyl (C=O) groups is 2. The largest absolute Gasteiger partial charge is 0.478 e. The Bertz CT molecular complexity index is 686. The van der Waals surface area contributed by atoms with Crippen LogP contribution in [0.25, 0.3) is 0 Å². The molecule has 0 aliphatic rings. The molecule has 7 nitrogen and oxygen atoms in total. The van der Waals surface area contributed by atoms with Crippen molar-refractivity contribution in [3.63, 3.8) is 0 Å². The van der Waals surface area contributed by atoms with E-state index in [9.17, 15) is 14.7 Å². The van der Waals surface area contributed by atoms with E-state index in [-0.39, 0.29) is 30.9 Å². The monoisotopic (exact) mass is 494 g/mol. The molecule has 1 aromatic carbocycles. The molecule has 0 saturated heterocycles. The van der Waals surface area contributed by atoms with Gasteiger partial charge in [0.05, 0.1) is 37.6 Å². The number of esters is 1. The molecular formula is C28H46O7. The summed E-state index contributed by atoms with van der Waals surface area (Å²) >= 11 is 0. The van der Waals surface area contributed by atoms with E-state index >= 15 is 0 Å². The standard InChI is InChI=1S/C28H46O7/c1-5-9-13-22(7-3)19-34-26(35-20-23(8-4)14-10-6-2)21-32-17-18-33-28(31)25-16-12-11-15-24(25)27(29)30/h11-12,15-16,22-23,26H,5-10,13-14,17-21H2,1-4H3,(H,29,30). The fourth-order valence-electron chi connectivity index (χ4n) is 3.73. The van der Waals surface area contributed by atoms with E-state index in [1.807, 2.05) is 0 Å². The molecular weight excluding hydrogens is 448 g/mol. The van der Waals surface area contributed by atoms with Crippen molar-refractivity contribution in [3.05, 3.63) is 35.4 Å². The number of rotatable bonds is 21. The lowest BCUT2D eigenvalue weighted by Gasteiger charge is -2.24. The molecule has 0 aliphatic heterocycles. The summed E-state index contributed by atoms with van der Waals surface area (Å²) in [6.07, 6.45) is 8.67. The zero-order chi connectivity index (χ0) is 25.9. The highest BCUT2D eigenvalue weighted by molar-refractivity contribution is 6.02. The maximum absolute atomic E-state index is 12.3. The van der Waals surface area contributed by atoms with Gasteiger partial charge in [0.15, 0.2) is 6.29 Å². The summed E-state index contributed by atoms with van der Waals surface area (Å²) < 4.78 is 23.1. The Balaban J connectivity index is 2.53. The van der Waals surface area contributed by atoms with E-state index in [1.54, 1.807) is 12.1 Å². The first-order valence-corrected chi connectivity index (χ1v) is 13.3. The minimum atomic E-state index is -1.17. The molecule has 7 heteroatoms. The van der Waals surface area contributed by atoms with Gasteiger partial charge in [-0.2, -0.15) is 0 Å². The zero-order valence-electron chi connectivity index (χ0n) is 22.1. The summed E-state index contributed by atoms with van der Waals surface area (Å²) in [5.41, 5.74) is -0.0534. The quantitative estimate of drug-likeness (QED) is 0.121. The fourth-order valence-corrected chi connectivity index (χ4v) is 3.73. The van der Waals surface area contributed by atoms with Crippen molar-refractivity contribution >= 4 is 11.9 Å². The van der Waals surface area contributed by atoms with E-state index in [0.29, 0.717) is 25.0 Å². The van der Waals surface area contributed by atoms with Crippen LogP contribution in [0.5, 0.6) is 0 Å². The minimum absolute atomic E-state index is 0.0156. The number of hydrogen-bond donors (Lipinski definition) is 1. The number of aromatic carboxylic acids is 1. The number of hydrogen-bond acceptors (Lipinski definition) is 6. The first kappa shape index (κ1) is 31.1. The normalized spacial score (nSPS) is 13.8. The van der Waals surface area contributed by atoms with Crippen molar-refractivity contribution < 1.29 is 33.6 Å². The minimum Gasteiger partial charge on any atom is -0.478 e. The van der Waals surface area contributed by atoms with Crippen LogP contribution in [0.2, 0.25) is 0 Å². The second-order valence-electron chi connectivity index (χ2n) is 8.99. The highest BCUT2D eigenvalue weighted by Crippen LogP contribution is 2.17. The fraction of sp³-hybridized carbons (Fsp3) is 0.714. The Morgan fingerprint density at radius 3 is 1.83 bits per heavy atom. The molecule has 0 spiro atoms.